The summed E-state index contributed by atoms with van der Waals surface area (Å²) >= 11 is 0. The fraction of sp³-hybridized carbons (Fsp3) is 0.154. The van der Waals surface area contributed by atoms with E-state index in [0.29, 0.717) is 17.1 Å². The van der Waals surface area contributed by atoms with Crippen LogP contribution in [-0.2, 0) is 0 Å². The van der Waals surface area contributed by atoms with Crippen molar-refractivity contribution in [2.45, 2.75) is 13.8 Å². The van der Waals surface area contributed by atoms with E-state index in [4.69, 9.17) is 10.3 Å². The lowest BCUT2D eigenvalue weighted by atomic mass is 10.1. The van der Waals surface area contributed by atoms with Crippen LogP contribution in [0.15, 0.2) is 28.8 Å². The molecule has 0 fully saturated rings. The maximum atomic E-state index is 5.78. The molecule has 0 radical (unpaired) electrons. The third-order valence-corrected chi connectivity index (χ3v) is 2.45. The highest BCUT2D eigenvalue weighted by Crippen LogP contribution is 2.18. The monoisotopic (exact) mass is 214 g/mol. The first-order chi connectivity index (χ1) is 7.66. The molecule has 0 unspecified atom stereocenters. The third kappa shape index (κ3) is 2.14. The first-order valence-electron chi connectivity index (χ1n) is 5.13. The van der Waals surface area contributed by atoms with E-state index < -0.39 is 0 Å². The molecule has 2 aromatic rings. The minimum atomic E-state index is 0.600. The number of hydrogen-bond donors (Lipinski definition) is 1. The average Bonchev–Trinajstić information content (AvgIpc) is 2.60. The molecule has 3 heteroatoms. The van der Waals surface area contributed by atoms with Crippen molar-refractivity contribution in [1.29, 1.82) is 0 Å². The maximum Gasteiger partial charge on any atom is 0.157 e. The smallest absolute Gasteiger partial charge is 0.157 e. The first-order valence-corrected chi connectivity index (χ1v) is 5.13. The second kappa shape index (κ2) is 4.23. The normalized spacial score (nSPS) is 11.1. The molecule has 0 saturated heterocycles. The van der Waals surface area contributed by atoms with Crippen LogP contribution in [0.3, 0.4) is 0 Å². The molecule has 1 aromatic heterocycles. The van der Waals surface area contributed by atoms with Gasteiger partial charge in [-0.05, 0) is 25.5 Å². The third-order valence-electron chi connectivity index (χ3n) is 2.45. The van der Waals surface area contributed by atoms with Gasteiger partial charge in [-0.1, -0.05) is 41.1 Å². The molecule has 1 aromatic carbocycles. The van der Waals surface area contributed by atoms with Crippen molar-refractivity contribution in [3.8, 4) is 0 Å². The van der Waals surface area contributed by atoms with Crippen molar-refractivity contribution in [2.24, 2.45) is 0 Å². The van der Waals surface area contributed by atoms with Crippen LogP contribution in [0.25, 0.3) is 12.2 Å². The van der Waals surface area contributed by atoms with Gasteiger partial charge in [-0.15, -0.1) is 0 Å². The van der Waals surface area contributed by atoms with Crippen molar-refractivity contribution in [1.82, 2.24) is 5.16 Å². The Balaban J connectivity index is 2.21. The molecule has 82 valence electrons. The van der Waals surface area contributed by atoms with Crippen molar-refractivity contribution >= 4 is 17.8 Å². The van der Waals surface area contributed by atoms with E-state index in [1.54, 1.807) is 6.92 Å². The Kier molecular flexibility index (Phi) is 2.77. The molecule has 0 spiro atoms. The van der Waals surface area contributed by atoms with Crippen LogP contribution < -0.4 is 5.73 Å². The fourth-order valence-electron chi connectivity index (χ4n) is 1.37. The van der Waals surface area contributed by atoms with Crippen LogP contribution in [0.4, 0.5) is 5.69 Å². The number of anilines is 1. The van der Waals surface area contributed by atoms with Gasteiger partial charge < -0.3 is 10.3 Å². The Morgan fingerprint density at radius 2 is 1.81 bits per heavy atom. The van der Waals surface area contributed by atoms with Crippen LogP contribution in [-0.4, -0.2) is 5.16 Å². The van der Waals surface area contributed by atoms with E-state index in [1.807, 2.05) is 12.2 Å². The molecule has 0 bridgehead atoms. The lowest BCUT2D eigenvalue weighted by Gasteiger charge is -1.94. The van der Waals surface area contributed by atoms with Crippen molar-refractivity contribution in [3.63, 3.8) is 0 Å². The topological polar surface area (TPSA) is 52.0 Å². The number of benzene rings is 1. The van der Waals surface area contributed by atoms with Gasteiger partial charge in [-0.2, -0.15) is 0 Å². The van der Waals surface area contributed by atoms with Gasteiger partial charge in [0.1, 0.15) is 11.4 Å². The highest BCUT2D eigenvalue weighted by Gasteiger charge is 2.04. The Morgan fingerprint density at radius 1 is 1.12 bits per heavy atom. The van der Waals surface area contributed by atoms with Crippen LogP contribution in [0, 0.1) is 13.8 Å². The molecule has 2 N–H and O–H groups in total. The SMILES string of the molecule is Cc1ccc(/C=C/c2noc(C)c2N)cc1. The van der Waals surface area contributed by atoms with Gasteiger partial charge >= 0.3 is 0 Å². The van der Waals surface area contributed by atoms with E-state index in [0.717, 1.165) is 5.56 Å². The van der Waals surface area contributed by atoms with Crippen molar-refractivity contribution in [2.75, 3.05) is 5.73 Å². The molecular formula is C13H14N2O. The molecule has 0 amide bonds. The van der Waals surface area contributed by atoms with E-state index in [1.165, 1.54) is 5.56 Å². The van der Waals surface area contributed by atoms with Gasteiger partial charge in [0, 0.05) is 0 Å². The summed E-state index contributed by atoms with van der Waals surface area (Å²) in [6.07, 6.45) is 3.82. The summed E-state index contributed by atoms with van der Waals surface area (Å²) in [7, 11) is 0. The Morgan fingerprint density at radius 3 is 2.38 bits per heavy atom. The van der Waals surface area contributed by atoms with Gasteiger partial charge in [0.2, 0.25) is 0 Å². The standard InChI is InChI=1S/C13H14N2O/c1-9-3-5-11(6-4-9)7-8-12-13(14)10(2)16-15-12/h3-8H,14H2,1-2H3/b8-7+. The predicted octanol–water partition coefficient (Wildman–Crippen LogP) is 3.04. The zero-order valence-corrected chi connectivity index (χ0v) is 9.40. The number of aryl methyl sites for hydroxylation is 2. The van der Waals surface area contributed by atoms with Gasteiger partial charge in [-0.3, -0.25) is 0 Å². The van der Waals surface area contributed by atoms with Crippen LogP contribution >= 0.6 is 0 Å². The molecule has 3 nitrogen and oxygen atoms in total. The first kappa shape index (κ1) is 10.5. The van der Waals surface area contributed by atoms with Gasteiger partial charge in [0.05, 0.1) is 0 Å². The highest BCUT2D eigenvalue weighted by atomic mass is 16.5. The Hall–Kier alpha value is -2.03. The van der Waals surface area contributed by atoms with E-state index in [-0.39, 0.29) is 0 Å². The summed E-state index contributed by atoms with van der Waals surface area (Å²) in [5.41, 5.74) is 9.42. The summed E-state index contributed by atoms with van der Waals surface area (Å²) in [6, 6.07) is 8.23. The van der Waals surface area contributed by atoms with Gasteiger partial charge in [-0.25, -0.2) is 0 Å². The Bertz CT molecular complexity index is 509. The number of nitrogens with two attached hydrogens (primary N) is 1. The fourth-order valence-corrected chi connectivity index (χ4v) is 1.37. The van der Waals surface area contributed by atoms with E-state index in [2.05, 4.69) is 36.3 Å². The average molecular weight is 214 g/mol. The number of rotatable bonds is 2. The summed E-state index contributed by atoms with van der Waals surface area (Å²) in [4.78, 5) is 0. The lowest BCUT2D eigenvalue weighted by molar-refractivity contribution is 0.397. The molecule has 0 saturated carbocycles. The minimum Gasteiger partial charge on any atom is -0.394 e. The molecule has 2 rings (SSSR count). The molecule has 0 aliphatic rings. The van der Waals surface area contributed by atoms with Crippen molar-refractivity contribution in [3.05, 3.63) is 46.8 Å². The molecule has 16 heavy (non-hydrogen) atoms. The van der Waals surface area contributed by atoms with Crippen LogP contribution in [0.1, 0.15) is 22.6 Å². The maximum absolute atomic E-state index is 5.78. The summed E-state index contributed by atoms with van der Waals surface area (Å²) < 4.78 is 4.98. The zero-order chi connectivity index (χ0) is 11.5. The molecule has 1 heterocycles. The largest absolute Gasteiger partial charge is 0.394 e. The number of hydrogen-bond acceptors (Lipinski definition) is 3. The summed E-state index contributed by atoms with van der Waals surface area (Å²) in [6.45, 7) is 3.86. The number of aromatic nitrogens is 1. The molecule has 0 atom stereocenters. The number of nitrogen functional groups attached to an aromatic ring is 1. The summed E-state index contributed by atoms with van der Waals surface area (Å²) in [5, 5.41) is 3.86. The second-order valence-corrected chi connectivity index (χ2v) is 3.78. The quantitative estimate of drug-likeness (QED) is 0.835. The Labute approximate surface area is 94.6 Å². The minimum absolute atomic E-state index is 0.600. The summed E-state index contributed by atoms with van der Waals surface area (Å²) in [5.74, 6) is 0.656. The zero-order valence-electron chi connectivity index (χ0n) is 9.40. The van der Waals surface area contributed by atoms with E-state index >= 15 is 0 Å². The van der Waals surface area contributed by atoms with Gasteiger partial charge in [0.15, 0.2) is 5.76 Å². The number of nitrogens with zero attached hydrogens (tertiary/aromatic N) is 1. The molecular weight excluding hydrogens is 200 g/mol. The highest BCUT2D eigenvalue weighted by molar-refractivity contribution is 5.73. The molecule has 0 aliphatic carbocycles. The van der Waals surface area contributed by atoms with Gasteiger partial charge in [0.25, 0.3) is 0 Å². The van der Waals surface area contributed by atoms with E-state index in [9.17, 15) is 0 Å². The molecule has 0 aliphatic heterocycles. The predicted molar refractivity (Wildman–Crippen MR) is 65.8 cm³/mol. The van der Waals surface area contributed by atoms with Crippen LogP contribution in [0.5, 0.6) is 0 Å². The van der Waals surface area contributed by atoms with Crippen LogP contribution in [0.2, 0.25) is 0 Å². The lowest BCUT2D eigenvalue weighted by Crippen LogP contribution is -1.86. The second-order valence-electron chi connectivity index (χ2n) is 3.78. The van der Waals surface area contributed by atoms with Crippen molar-refractivity contribution < 1.29 is 4.52 Å².